The van der Waals surface area contributed by atoms with Crippen molar-refractivity contribution >= 4 is 29.0 Å². The molecule has 0 radical (unpaired) electrons. The molecule has 0 saturated heterocycles. The van der Waals surface area contributed by atoms with E-state index in [0.29, 0.717) is 10.7 Å². The Bertz CT molecular complexity index is 477. The van der Waals surface area contributed by atoms with Crippen LogP contribution in [-0.4, -0.2) is 11.7 Å². The van der Waals surface area contributed by atoms with Gasteiger partial charge in [0.15, 0.2) is 0 Å². The van der Waals surface area contributed by atoms with Gasteiger partial charge in [-0.2, -0.15) is 5.26 Å². The van der Waals surface area contributed by atoms with Gasteiger partial charge in [-0.3, -0.25) is 9.59 Å². The minimum atomic E-state index is -0.686. The molecule has 1 aromatic carbocycles. The topological polar surface area (TPSA) is 70.0 Å². The van der Waals surface area contributed by atoms with E-state index in [-0.39, 0.29) is 12.0 Å². The van der Waals surface area contributed by atoms with E-state index in [0.717, 1.165) is 0 Å². The molecule has 82 valence electrons. The highest BCUT2D eigenvalue weighted by Crippen LogP contribution is 2.19. The van der Waals surface area contributed by atoms with Crippen molar-refractivity contribution in [1.82, 2.24) is 0 Å². The minimum absolute atomic E-state index is 0.143. The fourth-order valence-corrected chi connectivity index (χ4v) is 1.21. The van der Waals surface area contributed by atoms with Crippen molar-refractivity contribution in [1.29, 1.82) is 5.26 Å². The maximum absolute atomic E-state index is 11.3. The van der Waals surface area contributed by atoms with Gasteiger partial charge in [-0.05, 0) is 18.2 Å². The van der Waals surface area contributed by atoms with Gasteiger partial charge in [-0.15, -0.1) is 0 Å². The molecule has 0 atom stereocenters. The molecule has 0 unspecified atom stereocenters. The van der Waals surface area contributed by atoms with Crippen LogP contribution in [0, 0.1) is 11.3 Å². The zero-order chi connectivity index (χ0) is 12.1. The number of nitrogens with zero attached hydrogens (tertiary/aromatic N) is 1. The Morgan fingerprint density at radius 3 is 2.75 bits per heavy atom. The quantitative estimate of drug-likeness (QED) is 0.818. The van der Waals surface area contributed by atoms with E-state index < -0.39 is 11.7 Å². The van der Waals surface area contributed by atoms with Crippen LogP contribution in [0.2, 0.25) is 5.02 Å². The first-order chi connectivity index (χ1) is 7.58. The molecule has 0 aromatic heterocycles. The smallest absolute Gasteiger partial charge is 0.291 e. The van der Waals surface area contributed by atoms with E-state index in [2.05, 4.69) is 5.32 Å². The van der Waals surface area contributed by atoms with Gasteiger partial charge in [-0.25, -0.2) is 0 Å². The van der Waals surface area contributed by atoms with E-state index in [4.69, 9.17) is 16.9 Å². The molecule has 4 nitrogen and oxygen atoms in total. The SMILES string of the molecule is CCC(=O)C(=O)Nc1ccc(Cl)c(C#N)c1. The summed E-state index contributed by atoms with van der Waals surface area (Å²) in [6, 6.07) is 6.33. The number of nitrogens with one attached hydrogen (secondary N) is 1. The van der Waals surface area contributed by atoms with Gasteiger partial charge >= 0.3 is 0 Å². The van der Waals surface area contributed by atoms with Gasteiger partial charge < -0.3 is 5.32 Å². The summed E-state index contributed by atoms with van der Waals surface area (Å²) in [4.78, 5) is 22.3. The summed E-state index contributed by atoms with van der Waals surface area (Å²) in [5.74, 6) is -1.19. The van der Waals surface area contributed by atoms with Crippen molar-refractivity contribution < 1.29 is 9.59 Å². The molecule has 0 spiro atoms. The number of nitriles is 1. The van der Waals surface area contributed by atoms with E-state index >= 15 is 0 Å². The fraction of sp³-hybridized carbons (Fsp3) is 0.182. The van der Waals surface area contributed by atoms with Gasteiger partial charge in [0, 0.05) is 12.1 Å². The second-order valence-electron chi connectivity index (χ2n) is 3.04. The Morgan fingerprint density at radius 1 is 1.50 bits per heavy atom. The average Bonchev–Trinajstić information content (AvgIpc) is 2.30. The molecule has 0 bridgehead atoms. The number of Topliss-reactive ketones (excluding diaryl/α,β-unsaturated/α-hetero) is 1. The maximum Gasteiger partial charge on any atom is 0.291 e. The first kappa shape index (κ1) is 12.2. The van der Waals surface area contributed by atoms with Crippen molar-refractivity contribution in [3.05, 3.63) is 28.8 Å². The van der Waals surface area contributed by atoms with Crippen molar-refractivity contribution in [3.8, 4) is 6.07 Å². The Morgan fingerprint density at radius 2 is 2.19 bits per heavy atom. The molecular weight excluding hydrogens is 228 g/mol. The normalized spacial score (nSPS) is 9.31. The number of hydrogen-bond acceptors (Lipinski definition) is 3. The van der Waals surface area contributed by atoms with Crippen molar-refractivity contribution in [2.45, 2.75) is 13.3 Å². The second-order valence-corrected chi connectivity index (χ2v) is 3.44. The zero-order valence-corrected chi connectivity index (χ0v) is 9.34. The summed E-state index contributed by atoms with van der Waals surface area (Å²) in [7, 11) is 0. The third-order valence-electron chi connectivity index (χ3n) is 1.92. The van der Waals surface area contributed by atoms with E-state index in [1.807, 2.05) is 6.07 Å². The number of anilines is 1. The number of amides is 1. The summed E-state index contributed by atoms with van der Waals surface area (Å²) in [5, 5.41) is 11.4. The first-order valence-electron chi connectivity index (χ1n) is 4.62. The number of rotatable bonds is 3. The molecule has 5 heteroatoms. The first-order valence-corrected chi connectivity index (χ1v) is 5.00. The zero-order valence-electron chi connectivity index (χ0n) is 8.58. The molecule has 0 aliphatic carbocycles. The Kier molecular flexibility index (Phi) is 4.03. The monoisotopic (exact) mass is 236 g/mol. The third-order valence-corrected chi connectivity index (χ3v) is 2.25. The molecule has 0 heterocycles. The van der Waals surface area contributed by atoms with Gasteiger partial charge in [0.2, 0.25) is 5.78 Å². The molecule has 1 aromatic rings. The number of hydrogen-bond donors (Lipinski definition) is 1. The predicted octanol–water partition coefficient (Wildman–Crippen LogP) is 2.13. The third kappa shape index (κ3) is 2.81. The largest absolute Gasteiger partial charge is 0.319 e. The van der Waals surface area contributed by atoms with Crippen LogP contribution in [0.25, 0.3) is 0 Å². The van der Waals surface area contributed by atoms with Crippen molar-refractivity contribution in [2.75, 3.05) is 5.32 Å². The van der Waals surface area contributed by atoms with Crippen LogP contribution in [0.5, 0.6) is 0 Å². The molecule has 16 heavy (non-hydrogen) atoms. The van der Waals surface area contributed by atoms with E-state index in [1.165, 1.54) is 18.2 Å². The van der Waals surface area contributed by atoms with Crippen LogP contribution in [0.1, 0.15) is 18.9 Å². The van der Waals surface area contributed by atoms with Gasteiger partial charge in [-0.1, -0.05) is 18.5 Å². The van der Waals surface area contributed by atoms with Crippen LogP contribution in [0.15, 0.2) is 18.2 Å². The van der Waals surface area contributed by atoms with Gasteiger partial charge in [0.05, 0.1) is 10.6 Å². The summed E-state index contributed by atoms with van der Waals surface area (Å²) in [6.45, 7) is 1.60. The molecule has 1 rings (SSSR count). The van der Waals surface area contributed by atoms with Crippen molar-refractivity contribution in [2.24, 2.45) is 0 Å². The molecule has 0 aliphatic heterocycles. The van der Waals surface area contributed by atoms with Crippen molar-refractivity contribution in [3.63, 3.8) is 0 Å². The molecule has 0 saturated carbocycles. The predicted molar refractivity (Wildman–Crippen MR) is 60.1 cm³/mol. The second kappa shape index (κ2) is 5.29. The van der Waals surface area contributed by atoms with Crippen LogP contribution >= 0.6 is 11.6 Å². The van der Waals surface area contributed by atoms with Crippen LogP contribution in [-0.2, 0) is 9.59 Å². The number of carbonyl (C=O) groups is 2. The van der Waals surface area contributed by atoms with Crippen LogP contribution in [0.3, 0.4) is 0 Å². The lowest BCUT2D eigenvalue weighted by molar-refractivity contribution is -0.134. The number of carbonyl (C=O) groups excluding carboxylic acids is 2. The number of halogens is 1. The molecule has 0 aliphatic rings. The Labute approximate surface area is 97.8 Å². The molecule has 0 fully saturated rings. The molecular formula is C11H9ClN2O2. The summed E-state index contributed by atoms with van der Waals surface area (Å²) in [5.41, 5.74) is 0.635. The number of ketones is 1. The lowest BCUT2D eigenvalue weighted by Crippen LogP contribution is -2.21. The van der Waals surface area contributed by atoms with E-state index in [9.17, 15) is 9.59 Å². The molecule has 1 amide bonds. The fourth-order valence-electron chi connectivity index (χ4n) is 1.05. The number of benzene rings is 1. The Balaban J connectivity index is 2.88. The lowest BCUT2D eigenvalue weighted by Gasteiger charge is -2.04. The maximum atomic E-state index is 11.3. The standard InChI is InChI=1S/C11H9ClN2O2/c1-2-10(15)11(16)14-8-3-4-9(12)7(5-8)6-13/h3-5H,2H2,1H3,(H,14,16). The summed E-state index contributed by atoms with van der Waals surface area (Å²) < 4.78 is 0. The lowest BCUT2D eigenvalue weighted by atomic mass is 10.2. The highest BCUT2D eigenvalue weighted by atomic mass is 35.5. The van der Waals surface area contributed by atoms with Crippen LogP contribution in [0.4, 0.5) is 5.69 Å². The van der Waals surface area contributed by atoms with Gasteiger partial charge in [0.1, 0.15) is 6.07 Å². The minimum Gasteiger partial charge on any atom is -0.319 e. The highest BCUT2D eigenvalue weighted by molar-refractivity contribution is 6.40. The highest BCUT2D eigenvalue weighted by Gasteiger charge is 2.11. The van der Waals surface area contributed by atoms with Gasteiger partial charge in [0.25, 0.3) is 5.91 Å². The Hall–Kier alpha value is -1.86. The molecule has 1 N–H and O–H groups in total. The van der Waals surface area contributed by atoms with Crippen LogP contribution < -0.4 is 5.32 Å². The van der Waals surface area contributed by atoms with E-state index in [1.54, 1.807) is 6.92 Å². The average molecular weight is 237 g/mol. The summed E-state index contributed by atoms with van der Waals surface area (Å²) >= 11 is 5.72. The summed E-state index contributed by atoms with van der Waals surface area (Å²) in [6.07, 6.45) is 0.143.